The maximum Gasteiger partial charge on any atom is 0.260 e. The van der Waals surface area contributed by atoms with Gasteiger partial charge in [0.25, 0.3) is 11.8 Å². The molecule has 0 bridgehead atoms. The predicted molar refractivity (Wildman–Crippen MR) is 111 cm³/mol. The summed E-state index contributed by atoms with van der Waals surface area (Å²) in [4.78, 5) is 27.0. The van der Waals surface area contributed by atoms with E-state index in [2.05, 4.69) is 19.2 Å². The van der Waals surface area contributed by atoms with Crippen LogP contribution >= 0.6 is 0 Å². The summed E-state index contributed by atoms with van der Waals surface area (Å²) < 4.78 is 5.67. The number of rotatable bonds is 7. The highest BCUT2D eigenvalue weighted by Gasteiger charge is 2.30. The minimum Gasteiger partial charge on any atom is -0.484 e. The monoisotopic (exact) mass is 389 g/mol. The minimum atomic E-state index is -0.458. The van der Waals surface area contributed by atoms with Gasteiger partial charge in [-0.05, 0) is 70.2 Å². The summed E-state index contributed by atoms with van der Waals surface area (Å²) in [5.41, 5.74) is 5.92. The third-order valence-corrected chi connectivity index (χ3v) is 6.06. The highest BCUT2D eigenvalue weighted by molar-refractivity contribution is 5.94. The molecule has 1 aliphatic heterocycles. The van der Waals surface area contributed by atoms with E-state index in [0.29, 0.717) is 17.9 Å². The van der Waals surface area contributed by atoms with Crippen molar-refractivity contribution in [3.05, 3.63) is 29.8 Å². The molecule has 0 aliphatic carbocycles. The van der Waals surface area contributed by atoms with Crippen molar-refractivity contribution in [2.75, 3.05) is 13.2 Å². The maximum atomic E-state index is 12.5. The first-order chi connectivity index (χ1) is 13.2. The topological polar surface area (TPSA) is 84.7 Å². The molecule has 156 valence electrons. The number of carbonyl (C=O) groups excluding carboxylic acids is 2. The Morgan fingerprint density at radius 1 is 1.21 bits per heavy atom. The molecule has 0 saturated carbocycles. The lowest BCUT2D eigenvalue weighted by atomic mass is 9.88. The van der Waals surface area contributed by atoms with E-state index in [0.717, 1.165) is 19.3 Å². The van der Waals surface area contributed by atoms with Crippen molar-refractivity contribution in [3.8, 4) is 5.75 Å². The Kier molecular flexibility index (Phi) is 7.47. The summed E-state index contributed by atoms with van der Waals surface area (Å²) in [6.45, 7) is 10.6. The van der Waals surface area contributed by atoms with E-state index in [4.69, 9.17) is 10.5 Å². The van der Waals surface area contributed by atoms with Gasteiger partial charge in [0.2, 0.25) is 0 Å². The summed E-state index contributed by atoms with van der Waals surface area (Å²) in [6.07, 6.45) is 3.24. The number of nitrogens with two attached hydrogens (primary N) is 1. The number of carbonyl (C=O) groups is 2. The van der Waals surface area contributed by atoms with Gasteiger partial charge in [-0.25, -0.2) is 0 Å². The van der Waals surface area contributed by atoms with Crippen LogP contribution in [0.3, 0.4) is 0 Å². The summed E-state index contributed by atoms with van der Waals surface area (Å²) in [7, 11) is 0. The lowest BCUT2D eigenvalue weighted by molar-refractivity contribution is -0.139. The molecule has 1 aromatic rings. The number of nitrogens with zero attached hydrogens (tertiary/aromatic N) is 1. The molecule has 6 heteroatoms. The van der Waals surface area contributed by atoms with Crippen LogP contribution in [0, 0.1) is 5.92 Å². The molecule has 6 nitrogen and oxygen atoms in total. The molecule has 28 heavy (non-hydrogen) atoms. The van der Waals surface area contributed by atoms with Gasteiger partial charge in [-0.1, -0.05) is 13.8 Å². The van der Waals surface area contributed by atoms with Gasteiger partial charge < -0.3 is 20.7 Å². The van der Waals surface area contributed by atoms with Crippen molar-refractivity contribution in [2.24, 2.45) is 11.7 Å². The van der Waals surface area contributed by atoms with Crippen LogP contribution in [0.1, 0.15) is 64.2 Å². The van der Waals surface area contributed by atoms with Gasteiger partial charge in [-0.15, -0.1) is 0 Å². The average molecular weight is 390 g/mol. The van der Waals surface area contributed by atoms with Crippen LogP contribution in [0.25, 0.3) is 0 Å². The molecule has 3 N–H and O–H groups in total. The zero-order valence-electron chi connectivity index (χ0n) is 17.8. The van der Waals surface area contributed by atoms with Crippen LogP contribution in [0.4, 0.5) is 0 Å². The van der Waals surface area contributed by atoms with Crippen LogP contribution in [0.5, 0.6) is 5.75 Å². The van der Waals surface area contributed by atoms with Crippen molar-refractivity contribution in [1.82, 2.24) is 10.2 Å². The first-order valence-corrected chi connectivity index (χ1v) is 10.2. The molecular weight excluding hydrogens is 354 g/mol. The highest BCUT2D eigenvalue weighted by atomic mass is 16.5. The zero-order valence-corrected chi connectivity index (χ0v) is 17.8. The second-order valence-electron chi connectivity index (χ2n) is 8.47. The van der Waals surface area contributed by atoms with E-state index in [1.807, 2.05) is 25.7 Å². The van der Waals surface area contributed by atoms with Crippen LogP contribution < -0.4 is 15.8 Å². The van der Waals surface area contributed by atoms with Gasteiger partial charge in [-0.3, -0.25) is 9.59 Å². The van der Waals surface area contributed by atoms with Crippen LogP contribution in [-0.4, -0.2) is 47.5 Å². The van der Waals surface area contributed by atoms with Crippen LogP contribution in [-0.2, 0) is 4.79 Å². The number of ether oxygens (including phenoxy) is 1. The zero-order chi connectivity index (χ0) is 20.9. The number of hydrogen-bond donors (Lipinski definition) is 2. The lowest BCUT2D eigenvalue weighted by Crippen LogP contribution is -2.55. The smallest absolute Gasteiger partial charge is 0.260 e. The Labute approximate surface area is 168 Å². The molecule has 2 rings (SSSR count). The fourth-order valence-electron chi connectivity index (χ4n) is 3.60. The van der Waals surface area contributed by atoms with Crippen LogP contribution in [0.15, 0.2) is 24.3 Å². The first-order valence-electron chi connectivity index (χ1n) is 10.2. The standard InChI is InChI=1S/C22H35N3O3/c1-15(2)22(5,14-23)24-21(27)18-9-11-19(12-10-18)28-13-20(26)25-16(3)7-6-8-17(25)4/h9-12,15-17H,6-8,13-14,23H2,1-5H3,(H,24,27). The van der Waals surface area contributed by atoms with Crippen molar-refractivity contribution in [2.45, 2.75) is 71.5 Å². The van der Waals surface area contributed by atoms with Gasteiger partial charge in [0, 0.05) is 24.2 Å². The number of likely N-dealkylation sites (tertiary alicyclic amines) is 1. The van der Waals surface area contributed by atoms with Gasteiger partial charge in [-0.2, -0.15) is 0 Å². The number of nitrogens with one attached hydrogen (secondary N) is 1. The predicted octanol–water partition coefficient (Wildman–Crippen LogP) is 2.96. The SMILES string of the molecule is CC1CCCC(C)N1C(=O)COc1ccc(C(=O)NC(C)(CN)C(C)C)cc1. The van der Waals surface area contributed by atoms with E-state index < -0.39 is 5.54 Å². The Hall–Kier alpha value is -2.08. The van der Waals surface area contributed by atoms with E-state index in [1.165, 1.54) is 0 Å². The minimum absolute atomic E-state index is 0.0113. The van der Waals surface area contributed by atoms with Crippen LogP contribution in [0.2, 0.25) is 0 Å². The van der Waals surface area contributed by atoms with E-state index in [1.54, 1.807) is 24.3 Å². The highest BCUT2D eigenvalue weighted by Crippen LogP contribution is 2.23. The Morgan fingerprint density at radius 3 is 2.29 bits per heavy atom. The summed E-state index contributed by atoms with van der Waals surface area (Å²) in [5, 5.41) is 3.02. The number of amides is 2. The molecule has 2 amide bonds. The molecule has 1 saturated heterocycles. The van der Waals surface area contributed by atoms with Gasteiger partial charge >= 0.3 is 0 Å². The largest absolute Gasteiger partial charge is 0.484 e. The molecule has 0 aromatic heterocycles. The molecule has 0 spiro atoms. The fraction of sp³-hybridized carbons (Fsp3) is 0.636. The third kappa shape index (κ3) is 5.25. The normalized spacial score (nSPS) is 21.9. The number of piperidine rings is 1. The summed E-state index contributed by atoms with van der Waals surface area (Å²) in [5.74, 6) is 0.639. The average Bonchev–Trinajstić information content (AvgIpc) is 2.66. The van der Waals surface area contributed by atoms with Crippen molar-refractivity contribution < 1.29 is 14.3 Å². The number of benzene rings is 1. The second kappa shape index (κ2) is 9.41. The van der Waals surface area contributed by atoms with E-state index >= 15 is 0 Å². The molecular formula is C22H35N3O3. The van der Waals surface area contributed by atoms with Crippen molar-refractivity contribution in [1.29, 1.82) is 0 Å². The van der Waals surface area contributed by atoms with E-state index in [-0.39, 0.29) is 36.4 Å². The molecule has 3 unspecified atom stereocenters. The molecule has 3 atom stereocenters. The third-order valence-electron chi connectivity index (χ3n) is 6.06. The molecule has 0 radical (unpaired) electrons. The Morgan fingerprint density at radius 2 is 1.79 bits per heavy atom. The fourth-order valence-corrected chi connectivity index (χ4v) is 3.60. The van der Waals surface area contributed by atoms with E-state index in [9.17, 15) is 9.59 Å². The number of hydrogen-bond acceptors (Lipinski definition) is 4. The van der Waals surface area contributed by atoms with Crippen molar-refractivity contribution in [3.63, 3.8) is 0 Å². The molecule has 1 fully saturated rings. The quantitative estimate of drug-likeness (QED) is 0.751. The van der Waals surface area contributed by atoms with Gasteiger partial charge in [0.15, 0.2) is 6.61 Å². The maximum absolute atomic E-state index is 12.5. The lowest BCUT2D eigenvalue weighted by Gasteiger charge is -2.38. The summed E-state index contributed by atoms with van der Waals surface area (Å²) in [6, 6.07) is 7.37. The Balaban J connectivity index is 1.93. The Bertz CT molecular complexity index is 664. The molecule has 1 heterocycles. The second-order valence-corrected chi connectivity index (χ2v) is 8.47. The van der Waals surface area contributed by atoms with Crippen molar-refractivity contribution >= 4 is 11.8 Å². The first kappa shape index (κ1) is 22.2. The van der Waals surface area contributed by atoms with Gasteiger partial charge in [0.05, 0.1) is 5.54 Å². The molecule has 1 aliphatic rings. The summed E-state index contributed by atoms with van der Waals surface area (Å²) >= 11 is 0. The van der Waals surface area contributed by atoms with Gasteiger partial charge in [0.1, 0.15) is 5.75 Å². The molecule has 1 aromatic carbocycles.